The Balaban J connectivity index is 1.59. The summed E-state index contributed by atoms with van der Waals surface area (Å²) in [5, 5.41) is 12.2. The van der Waals surface area contributed by atoms with Gasteiger partial charge < -0.3 is 14.4 Å². The van der Waals surface area contributed by atoms with Crippen LogP contribution in [0.4, 0.5) is 0 Å². The number of nitrogens with zero attached hydrogens (tertiary/aromatic N) is 4. The van der Waals surface area contributed by atoms with E-state index in [1.165, 1.54) is 12.8 Å². The van der Waals surface area contributed by atoms with E-state index in [4.69, 9.17) is 28.2 Å². The van der Waals surface area contributed by atoms with Gasteiger partial charge in [-0.05, 0) is 57.2 Å². The van der Waals surface area contributed by atoms with E-state index >= 15 is 0 Å². The highest BCUT2D eigenvalue weighted by Gasteiger charge is 2.21. The number of rotatable bonds is 7. The lowest BCUT2D eigenvalue weighted by Gasteiger charge is -2.26. The predicted molar refractivity (Wildman–Crippen MR) is 119 cm³/mol. The lowest BCUT2D eigenvalue weighted by Crippen LogP contribution is -2.39. The maximum atomic E-state index is 10.9. The fourth-order valence-electron chi connectivity index (χ4n) is 3.88. The smallest absolute Gasteiger partial charge is 0.137 e. The first-order valence-electron chi connectivity index (χ1n) is 10.0. The Bertz CT molecular complexity index is 967. The number of fused-ring (bicyclic) bond motifs is 1. The maximum absolute atomic E-state index is 10.9. The van der Waals surface area contributed by atoms with E-state index in [2.05, 4.69) is 4.90 Å². The van der Waals surface area contributed by atoms with Gasteiger partial charge in [0.25, 0.3) is 0 Å². The van der Waals surface area contributed by atoms with Crippen LogP contribution in [0.1, 0.15) is 18.5 Å². The van der Waals surface area contributed by atoms with Gasteiger partial charge in [-0.2, -0.15) is 0 Å². The van der Waals surface area contributed by atoms with Crippen molar-refractivity contribution in [3.8, 4) is 11.3 Å². The third-order valence-electron chi connectivity index (χ3n) is 5.65. The predicted octanol–water partition coefficient (Wildman–Crippen LogP) is 4.20. The molecule has 1 aliphatic rings. The third-order valence-corrected chi connectivity index (χ3v) is 6.13. The van der Waals surface area contributed by atoms with Crippen molar-refractivity contribution in [3.05, 3.63) is 58.3 Å². The summed E-state index contributed by atoms with van der Waals surface area (Å²) in [6.45, 7) is 4.14. The number of aromatic nitrogens is 2. The number of pyridine rings is 1. The van der Waals surface area contributed by atoms with E-state index in [1.807, 2.05) is 58.9 Å². The van der Waals surface area contributed by atoms with Gasteiger partial charge in [0.2, 0.25) is 0 Å². The zero-order chi connectivity index (χ0) is 20.4. The largest absolute Gasteiger partial charge is 0.378 e. The van der Waals surface area contributed by atoms with Crippen LogP contribution in [0.25, 0.3) is 16.9 Å². The average molecular weight is 433 g/mol. The summed E-state index contributed by atoms with van der Waals surface area (Å²) >= 11 is 12.3. The Morgan fingerprint density at radius 2 is 1.76 bits per heavy atom. The first-order valence-corrected chi connectivity index (χ1v) is 10.8. The number of imidazole rings is 1. The van der Waals surface area contributed by atoms with Gasteiger partial charge in [-0.15, -0.1) is 0 Å². The van der Waals surface area contributed by atoms with Crippen molar-refractivity contribution in [2.45, 2.75) is 25.5 Å². The van der Waals surface area contributed by atoms with Crippen molar-refractivity contribution in [2.24, 2.45) is 0 Å². The highest BCUT2D eigenvalue weighted by Crippen LogP contribution is 2.28. The number of benzene rings is 1. The first kappa shape index (κ1) is 20.6. The van der Waals surface area contributed by atoms with Crippen molar-refractivity contribution in [2.75, 3.05) is 33.2 Å². The minimum atomic E-state index is -0.609. The Morgan fingerprint density at radius 1 is 1.07 bits per heavy atom. The number of likely N-dealkylation sites (N-methyl/N-ethyl adjacent to an activating group) is 1. The number of likely N-dealkylation sites (tertiary alicyclic amines) is 1. The average Bonchev–Trinajstić information content (AvgIpc) is 3.35. The Labute approximate surface area is 181 Å². The Hall–Kier alpha value is -1.63. The van der Waals surface area contributed by atoms with Crippen LogP contribution >= 0.6 is 23.2 Å². The van der Waals surface area contributed by atoms with Crippen molar-refractivity contribution >= 4 is 28.8 Å². The molecule has 1 aromatic carbocycles. The molecular weight excluding hydrogens is 407 g/mol. The zero-order valence-electron chi connectivity index (χ0n) is 16.6. The molecule has 0 aliphatic carbocycles. The Morgan fingerprint density at radius 3 is 2.48 bits per heavy atom. The second-order valence-corrected chi connectivity index (χ2v) is 8.58. The topological polar surface area (TPSA) is 44.0 Å². The highest BCUT2D eigenvalue weighted by molar-refractivity contribution is 6.30. The van der Waals surface area contributed by atoms with Crippen LogP contribution in [-0.2, 0) is 6.42 Å². The molecule has 1 N–H and O–H groups in total. The van der Waals surface area contributed by atoms with Crippen LogP contribution in [0.15, 0.2) is 42.6 Å². The van der Waals surface area contributed by atoms with Crippen LogP contribution in [0, 0.1) is 0 Å². The number of aliphatic hydroxyl groups excluding tert-OH is 1. The summed E-state index contributed by atoms with van der Waals surface area (Å²) < 4.78 is 1.98. The Kier molecular flexibility index (Phi) is 6.42. The molecule has 1 atom stereocenters. The van der Waals surface area contributed by atoms with Crippen molar-refractivity contribution < 1.29 is 5.11 Å². The van der Waals surface area contributed by atoms with Crippen LogP contribution < -0.4 is 0 Å². The normalized spacial score (nSPS) is 16.2. The van der Waals surface area contributed by atoms with E-state index in [-0.39, 0.29) is 0 Å². The molecule has 0 bridgehead atoms. The van der Waals surface area contributed by atoms with Crippen LogP contribution in [0.3, 0.4) is 0 Å². The van der Waals surface area contributed by atoms with Crippen molar-refractivity contribution in [1.82, 2.24) is 19.2 Å². The van der Waals surface area contributed by atoms with Crippen molar-refractivity contribution in [3.63, 3.8) is 0 Å². The van der Waals surface area contributed by atoms with Gasteiger partial charge >= 0.3 is 0 Å². The van der Waals surface area contributed by atoms with E-state index < -0.39 is 6.23 Å². The molecule has 4 rings (SSSR count). The second kappa shape index (κ2) is 9.02. The zero-order valence-corrected chi connectivity index (χ0v) is 18.1. The summed E-state index contributed by atoms with van der Waals surface area (Å²) in [7, 11) is 1.97. The molecule has 0 saturated carbocycles. The number of halogens is 2. The van der Waals surface area contributed by atoms with Gasteiger partial charge in [0.1, 0.15) is 11.9 Å². The maximum Gasteiger partial charge on any atom is 0.137 e. The van der Waals surface area contributed by atoms with Crippen LogP contribution in [0.2, 0.25) is 10.0 Å². The second-order valence-electron chi connectivity index (χ2n) is 7.70. The summed E-state index contributed by atoms with van der Waals surface area (Å²) in [5.41, 5.74) is 3.55. The SMILES string of the molecule is CN(CCN1CCCC1)C(O)Cc1c(-c2ccc(Cl)cc2)nc2ccc(Cl)cn12. The fourth-order valence-corrected chi connectivity index (χ4v) is 4.17. The molecule has 3 aromatic rings. The molecule has 1 saturated heterocycles. The summed E-state index contributed by atoms with van der Waals surface area (Å²) in [5.74, 6) is 0. The molecule has 5 nitrogen and oxygen atoms in total. The minimum Gasteiger partial charge on any atom is -0.378 e. The van der Waals surface area contributed by atoms with Crippen LogP contribution in [0.5, 0.6) is 0 Å². The first-order chi connectivity index (χ1) is 14.0. The molecule has 29 heavy (non-hydrogen) atoms. The lowest BCUT2D eigenvalue weighted by molar-refractivity contribution is 0.0178. The molecule has 3 heterocycles. The fraction of sp³-hybridized carbons (Fsp3) is 0.409. The van der Waals surface area contributed by atoms with Crippen LogP contribution in [-0.4, -0.2) is 63.7 Å². The summed E-state index contributed by atoms with van der Waals surface area (Å²) in [6.07, 6.45) is 4.26. The summed E-state index contributed by atoms with van der Waals surface area (Å²) in [4.78, 5) is 9.26. The van der Waals surface area contributed by atoms with Gasteiger partial charge in [0.05, 0.1) is 16.4 Å². The molecule has 7 heteroatoms. The number of hydrogen-bond acceptors (Lipinski definition) is 4. The molecule has 1 unspecified atom stereocenters. The van der Waals surface area contributed by atoms with E-state index in [1.54, 1.807) is 0 Å². The summed E-state index contributed by atoms with van der Waals surface area (Å²) in [6, 6.07) is 11.4. The lowest BCUT2D eigenvalue weighted by atomic mass is 10.1. The van der Waals surface area contributed by atoms with Crippen molar-refractivity contribution in [1.29, 1.82) is 0 Å². The number of aliphatic hydroxyl groups is 1. The minimum absolute atomic E-state index is 0.454. The molecule has 0 spiro atoms. The monoisotopic (exact) mass is 432 g/mol. The quantitative estimate of drug-likeness (QED) is 0.568. The third kappa shape index (κ3) is 4.76. The van der Waals surface area contributed by atoms with Gasteiger partial charge in [-0.1, -0.05) is 35.3 Å². The van der Waals surface area contributed by atoms with Gasteiger partial charge in [0, 0.05) is 36.3 Å². The van der Waals surface area contributed by atoms with E-state index in [0.717, 1.165) is 48.8 Å². The van der Waals surface area contributed by atoms with Gasteiger partial charge in [-0.3, -0.25) is 4.90 Å². The molecule has 154 valence electrons. The molecule has 2 aromatic heterocycles. The van der Waals surface area contributed by atoms with Gasteiger partial charge in [-0.25, -0.2) is 4.98 Å². The highest BCUT2D eigenvalue weighted by atomic mass is 35.5. The number of hydrogen-bond donors (Lipinski definition) is 1. The standard InChI is InChI=1S/C22H26Cl2N4O/c1-26(12-13-27-10-2-3-11-27)21(29)14-19-22(16-4-6-17(23)7-5-16)25-20-9-8-18(24)15-28(19)20/h4-9,15,21,29H,2-3,10-14H2,1H3. The molecule has 0 radical (unpaired) electrons. The molecule has 1 fully saturated rings. The van der Waals surface area contributed by atoms with E-state index in [9.17, 15) is 5.11 Å². The molecular formula is C22H26Cl2N4O. The van der Waals surface area contributed by atoms with E-state index in [0.29, 0.717) is 16.5 Å². The van der Waals surface area contributed by atoms with Gasteiger partial charge in [0.15, 0.2) is 0 Å². The molecule has 1 aliphatic heterocycles. The molecule has 0 amide bonds.